The van der Waals surface area contributed by atoms with Crippen LogP contribution in [0.4, 0.5) is 0 Å². The summed E-state index contributed by atoms with van der Waals surface area (Å²) in [6.07, 6.45) is 0. The fourth-order valence-electron chi connectivity index (χ4n) is 1.35. The molecule has 0 aliphatic rings. The topological polar surface area (TPSA) is 44.5 Å². The Bertz CT molecular complexity index is 292. The maximum atomic E-state index is 5.66. The molecule has 0 saturated carbocycles. The van der Waals surface area contributed by atoms with E-state index in [1.807, 2.05) is 24.3 Å². The molecule has 14 heavy (non-hydrogen) atoms. The first-order valence-corrected chi connectivity index (χ1v) is 5.05. The summed E-state index contributed by atoms with van der Waals surface area (Å²) in [4.78, 5) is 0. The molecule has 0 saturated heterocycles. The van der Waals surface area contributed by atoms with Gasteiger partial charge >= 0.3 is 0 Å². The number of halogens is 1. The SMILES string of the molecule is COC(CN)(OC)c1ccccc1Br. The van der Waals surface area contributed by atoms with Crippen molar-refractivity contribution in [2.75, 3.05) is 20.8 Å². The van der Waals surface area contributed by atoms with Gasteiger partial charge < -0.3 is 15.2 Å². The first kappa shape index (κ1) is 11.7. The van der Waals surface area contributed by atoms with Crippen LogP contribution in [0, 0.1) is 0 Å². The zero-order chi connectivity index (χ0) is 10.6. The highest BCUT2D eigenvalue weighted by molar-refractivity contribution is 9.10. The third-order valence-electron chi connectivity index (χ3n) is 2.21. The van der Waals surface area contributed by atoms with Crippen molar-refractivity contribution in [2.45, 2.75) is 5.79 Å². The highest BCUT2D eigenvalue weighted by Crippen LogP contribution is 2.30. The Labute approximate surface area is 92.3 Å². The van der Waals surface area contributed by atoms with Gasteiger partial charge in [-0.2, -0.15) is 0 Å². The molecule has 1 aromatic rings. The number of hydrogen-bond donors (Lipinski definition) is 1. The van der Waals surface area contributed by atoms with Crippen molar-refractivity contribution in [3.05, 3.63) is 34.3 Å². The molecule has 0 atom stereocenters. The predicted octanol–water partition coefficient (Wildman–Crippen LogP) is 1.85. The summed E-state index contributed by atoms with van der Waals surface area (Å²) in [7, 11) is 3.16. The lowest BCUT2D eigenvalue weighted by atomic mass is 10.1. The average molecular weight is 260 g/mol. The molecule has 1 rings (SSSR count). The van der Waals surface area contributed by atoms with E-state index in [0.717, 1.165) is 10.0 Å². The average Bonchev–Trinajstić information content (AvgIpc) is 2.24. The molecule has 2 N–H and O–H groups in total. The second kappa shape index (κ2) is 4.89. The largest absolute Gasteiger partial charge is 0.348 e. The quantitative estimate of drug-likeness (QED) is 0.840. The zero-order valence-corrected chi connectivity index (χ0v) is 9.87. The van der Waals surface area contributed by atoms with E-state index in [4.69, 9.17) is 15.2 Å². The molecule has 3 nitrogen and oxygen atoms in total. The molecule has 0 unspecified atom stereocenters. The van der Waals surface area contributed by atoms with Gasteiger partial charge in [-0.25, -0.2) is 0 Å². The van der Waals surface area contributed by atoms with Crippen LogP contribution in [-0.4, -0.2) is 20.8 Å². The third-order valence-corrected chi connectivity index (χ3v) is 2.90. The van der Waals surface area contributed by atoms with Crippen molar-refractivity contribution in [2.24, 2.45) is 5.73 Å². The molecule has 0 aliphatic carbocycles. The van der Waals surface area contributed by atoms with Crippen LogP contribution < -0.4 is 5.73 Å². The second-order valence-electron chi connectivity index (χ2n) is 2.85. The van der Waals surface area contributed by atoms with Crippen molar-refractivity contribution < 1.29 is 9.47 Å². The summed E-state index contributed by atoms with van der Waals surface area (Å²) < 4.78 is 11.6. The first-order chi connectivity index (χ1) is 6.70. The van der Waals surface area contributed by atoms with E-state index in [0.29, 0.717) is 0 Å². The van der Waals surface area contributed by atoms with Gasteiger partial charge in [0.25, 0.3) is 0 Å². The second-order valence-corrected chi connectivity index (χ2v) is 3.70. The molecular weight excluding hydrogens is 246 g/mol. The van der Waals surface area contributed by atoms with Gasteiger partial charge in [0.15, 0.2) is 0 Å². The van der Waals surface area contributed by atoms with Gasteiger partial charge in [-0.05, 0) is 6.07 Å². The van der Waals surface area contributed by atoms with Crippen molar-refractivity contribution in [3.8, 4) is 0 Å². The van der Waals surface area contributed by atoms with Crippen LogP contribution in [0.25, 0.3) is 0 Å². The van der Waals surface area contributed by atoms with E-state index >= 15 is 0 Å². The number of ether oxygens (including phenoxy) is 2. The molecule has 0 fully saturated rings. The monoisotopic (exact) mass is 259 g/mol. The molecule has 1 aromatic carbocycles. The minimum atomic E-state index is -0.861. The molecule has 0 spiro atoms. The molecule has 0 radical (unpaired) electrons. The maximum Gasteiger partial charge on any atom is 0.208 e. The van der Waals surface area contributed by atoms with Gasteiger partial charge in [-0.1, -0.05) is 34.1 Å². The Balaban J connectivity index is 3.17. The number of hydrogen-bond acceptors (Lipinski definition) is 3. The van der Waals surface area contributed by atoms with E-state index in [1.54, 1.807) is 14.2 Å². The molecular formula is C10H14BrNO2. The minimum absolute atomic E-state index is 0.266. The van der Waals surface area contributed by atoms with Gasteiger partial charge in [0.2, 0.25) is 5.79 Å². The maximum absolute atomic E-state index is 5.66. The fraction of sp³-hybridized carbons (Fsp3) is 0.400. The molecule has 78 valence electrons. The standard InChI is InChI=1S/C10H14BrNO2/c1-13-10(7-12,14-2)8-5-3-4-6-9(8)11/h3-6H,7,12H2,1-2H3. The van der Waals surface area contributed by atoms with Gasteiger partial charge in [0.05, 0.1) is 6.54 Å². The van der Waals surface area contributed by atoms with E-state index in [9.17, 15) is 0 Å². The summed E-state index contributed by atoms with van der Waals surface area (Å²) in [6.45, 7) is 0.266. The number of nitrogens with two attached hydrogens (primary N) is 1. The fourth-order valence-corrected chi connectivity index (χ4v) is 1.94. The zero-order valence-electron chi connectivity index (χ0n) is 8.29. The summed E-state index contributed by atoms with van der Waals surface area (Å²) in [5.74, 6) is -0.861. The normalized spacial score (nSPS) is 11.7. The summed E-state index contributed by atoms with van der Waals surface area (Å²) in [5, 5.41) is 0. The summed E-state index contributed by atoms with van der Waals surface area (Å²) in [6, 6.07) is 7.70. The Kier molecular flexibility index (Phi) is 4.07. The molecule has 0 aliphatic heterocycles. The summed E-state index contributed by atoms with van der Waals surface area (Å²) in [5.41, 5.74) is 6.55. The first-order valence-electron chi connectivity index (χ1n) is 4.25. The lowest BCUT2D eigenvalue weighted by Crippen LogP contribution is -2.39. The van der Waals surface area contributed by atoms with E-state index in [-0.39, 0.29) is 6.54 Å². The van der Waals surface area contributed by atoms with Crippen molar-refractivity contribution in [1.82, 2.24) is 0 Å². The van der Waals surface area contributed by atoms with Crippen LogP contribution in [0.3, 0.4) is 0 Å². The Morgan fingerprint density at radius 2 is 1.86 bits per heavy atom. The van der Waals surface area contributed by atoms with Gasteiger partial charge in [-0.15, -0.1) is 0 Å². The van der Waals surface area contributed by atoms with Gasteiger partial charge in [0, 0.05) is 24.3 Å². The van der Waals surface area contributed by atoms with Gasteiger partial charge in [0.1, 0.15) is 0 Å². The van der Waals surface area contributed by atoms with Crippen LogP contribution in [0.5, 0.6) is 0 Å². The third kappa shape index (κ3) is 1.98. The van der Waals surface area contributed by atoms with E-state index in [1.165, 1.54) is 0 Å². The van der Waals surface area contributed by atoms with Crippen LogP contribution in [0.1, 0.15) is 5.56 Å². The van der Waals surface area contributed by atoms with E-state index < -0.39 is 5.79 Å². The van der Waals surface area contributed by atoms with Crippen LogP contribution in [0.15, 0.2) is 28.7 Å². The number of rotatable bonds is 4. The van der Waals surface area contributed by atoms with Crippen molar-refractivity contribution in [3.63, 3.8) is 0 Å². The Morgan fingerprint density at radius 3 is 2.29 bits per heavy atom. The Hall–Kier alpha value is -0.420. The lowest BCUT2D eigenvalue weighted by molar-refractivity contribution is -0.208. The van der Waals surface area contributed by atoms with Crippen LogP contribution in [0.2, 0.25) is 0 Å². The summed E-state index contributed by atoms with van der Waals surface area (Å²) >= 11 is 3.44. The van der Waals surface area contributed by atoms with Crippen molar-refractivity contribution >= 4 is 15.9 Å². The van der Waals surface area contributed by atoms with Crippen LogP contribution >= 0.6 is 15.9 Å². The van der Waals surface area contributed by atoms with E-state index in [2.05, 4.69) is 15.9 Å². The molecule has 0 bridgehead atoms. The molecule has 0 amide bonds. The van der Waals surface area contributed by atoms with Crippen LogP contribution in [-0.2, 0) is 15.3 Å². The van der Waals surface area contributed by atoms with Crippen molar-refractivity contribution in [1.29, 1.82) is 0 Å². The highest BCUT2D eigenvalue weighted by Gasteiger charge is 2.32. The lowest BCUT2D eigenvalue weighted by Gasteiger charge is -2.30. The molecule has 0 heterocycles. The van der Waals surface area contributed by atoms with Gasteiger partial charge in [-0.3, -0.25) is 0 Å². The number of benzene rings is 1. The molecule has 4 heteroatoms. The predicted molar refractivity (Wildman–Crippen MR) is 58.9 cm³/mol. The number of methoxy groups -OCH3 is 2. The smallest absolute Gasteiger partial charge is 0.208 e. The minimum Gasteiger partial charge on any atom is -0.348 e. The molecule has 0 aromatic heterocycles. The highest BCUT2D eigenvalue weighted by atomic mass is 79.9. The Morgan fingerprint density at radius 1 is 1.29 bits per heavy atom.